The Kier molecular flexibility index (Phi) is 4.68. The fourth-order valence-electron chi connectivity index (χ4n) is 2.95. The number of halogens is 1. The minimum Gasteiger partial charge on any atom is -0.340 e. The molecule has 1 aromatic carbocycles. The first-order valence-corrected chi connectivity index (χ1v) is 7.51. The number of benzene rings is 1. The van der Waals surface area contributed by atoms with E-state index in [1.807, 2.05) is 27.1 Å². The highest BCUT2D eigenvalue weighted by atomic mass is 35.5. The number of carbonyl (C=O) groups excluding carboxylic acids is 1. The van der Waals surface area contributed by atoms with Gasteiger partial charge in [-0.05, 0) is 52.6 Å². The van der Waals surface area contributed by atoms with Crippen LogP contribution in [0, 0.1) is 11.8 Å². The first kappa shape index (κ1) is 16.6. The molecule has 22 heavy (non-hydrogen) atoms. The van der Waals surface area contributed by atoms with Gasteiger partial charge < -0.3 is 9.47 Å². The molecule has 1 amide bonds. The monoisotopic (exact) mass is 321 g/mol. The van der Waals surface area contributed by atoms with Crippen LogP contribution in [0.3, 0.4) is 0 Å². The SMILES string of the molecule is Cc1c(CN(C)C)n(C(C)C)c2cc(Cl)cc(C(=O)N=O)c12. The zero-order valence-electron chi connectivity index (χ0n) is 13.5. The van der Waals surface area contributed by atoms with E-state index < -0.39 is 5.91 Å². The van der Waals surface area contributed by atoms with E-state index in [0.29, 0.717) is 5.02 Å². The van der Waals surface area contributed by atoms with Crippen molar-refractivity contribution in [2.75, 3.05) is 14.1 Å². The van der Waals surface area contributed by atoms with Crippen LogP contribution in [0.1, 0.15) is 41.5 Å². The van der Waals surface area contributed by atoms with Crippen LogP contribution in [0.4, 0.5) is 0 Å². The molecule has 5 nitrogen and oxygen atoms in total. The first-order valence-electron chi connectivity index (χ1n) is 7.13. The fraction of sp³-hybridized carbons (Fsp3) is 0.438. The standard InChI is InChI=1S/C16H20ClN3O2/c1-9(2)20-13-7-11(17)6-12(16(21)18-22)15(13)10(3)14(20)8-19(4)5/h6-7,9H,8H2,1-5H3. The lowest BCUT2D eigenvalue weighted by Crippen LogP contribution is -2.16. The fourth-order valence-corrected chi connectivity index (χ4v) is 3.16. The number of hydrogen-bond donors (Lipinski definition) is 0. The van der Waals surface area contributed by atoms with E-state index in [-0.39, 0.29) is 11.6 Å². The van der Waals surface area contributed by atoms with Gasteiger partial charge >= 0.3 is 5.91 Å². The maximum atomic E-state index is 11.9. The van der Waals surface area contributed by atoms with Crippen LogP contribution in [0.5, 0.6) is 0 Å². The van der Waals surface area contributed by atoms with Crippen molar-refractivity contribution >= 4 is 28.4 Å². The molecular formula is C16H20ClN3O2. The molecule has 6 heteroatoms. The van der Waals surface area contributed by atoms with E-state index in [0.717, 1.165) is 28.7 Å². The molecule has 2 aromatic rings. The van der Waals surface area contributed by atoms with E-state index in [1.54, 1.807) is 0 Å². The van der Waals surface area contributed by atoms with E-state index in [4.69, 9.17) is 11.6 Å². The summed E-state index contributed by atoms with van der Waals surface area (Å²) in [6.07, 6.45) is 0. The highest BCUT2D eigenvalue weighted by Gasteiger charge is 2.22. The molecule has 0 saturated heterocycles. The zero-order chi connectivity index (χ0) is 16.6. The quantitative estimate of drug-likeness (QED) is 0.795. The lowest BCUT2D eigenvalue weighted by Gasteiger charge is -2.18. The molecule has 1 aromatic heterocycles. The molecule has 0 saturated carbocycles. The second kappa shape index (κ2) is 6.18. The Morgan fingerprint density at radius 2 is 2.00 bits per heavy atom. The number of amides is 1. The molecular weight excluding hydrogens is 302 g/mol. The third-order valence-electron chi connectivity index (χ3n) is 3.74. The molecule has 118 valence electrons. The summed E-state index contributed by atoms with van der Waals surface area (Å²) in [6, 6.07) is 3.56. The second-order valence-electron chi connectivity index (χ2n) is 6.02. The number of nitrogens with zero attached hydrogens (tertiary/aromatic N) is 3. The lowest BCUT2D eigenvalue weighted by molar-refractivity contribution is 0.100. The molecule has 0 radical (unpaired) electrons. The average molecular weight is 322 g/mol. The number of aromatic nitrogens is 1. The second-order valence-corrected chi connectivity index (χ2v) is 6.45. The van der Waals surface area contributed by atoms with Gasteiger partial charge in [-0.25, -0.2) is 0 Å². The molecule has 1 heterocycles. The number of hydrogen-bond acceptors (Lipinski definition) is 3. The topological polar surface area (TPSA) is 54.7 Å². The van der Waals surface area contributed by atoms with Crippen molar-refractivity contribution in [2.24, 2.45) is 5.18 Å². The van der Waals surface area contributed by atoms with Crippen LogP contribution in [0.15, 0.2) is 17.3 Å². The Balaban J connectivity index is 2.92. The smallest absolute Gasteiger partial charge is 0.317 e. The highest BCUT2D eigenvalue weighted by Crippen LogP contribution is 2.34. The normalized spacial score (nSPS) is 11.6. The van der Waals surface area contributed by atoms with Crippen molar-refractivity contribution < 1.29 is 4.79 Å². The van der Waals surface area contributed by atoms with Crippen molar-refractivity contribution in [3.05, 3.63) is 38.9 Å². The van der Waals surface area contributed by atoms with Crippen LogP contribution < -0.4 is 0 Å². The van der Waals surface area contributed by atoms with Crippen LogP contribution in [-0.4, -0.2) is 29.5 Å². The number of carbonyl (C=O) groups is 1. The van der Waals surface area contributed by atoms with E-state index in [1.165, 1.54) is 6.07 Å². The zero-order valence-corrected chi connectivity index (χ0v) is 14.2. The maximum absolute atomic E-state index is 11.9. The maximum Gasteiger partial charge on any atom is 0.317 e. The largest absolute Gasteiger partial charge is 0.340 e. The summed E-state index contributed by atoms with van der Waals surface area (Å²) < 4.78 is 2.16. The summed E-state index contributed by atoms with van der Waals surface area (Å²) in [5.74, 6) is -0.784. The molecule has 2 rings (SSSR count). The van der Waals surface area contributed by atoms with Crippen LogP contribution in [-0.2, 0) is 6.54 Å². The van der Waals surface area contributed by atoms with Gasteiger partial charge in [0.25, 0.3) is 0 Å². The van der Waals surface area contributed by atoms with Crippen molar-refractivity contribution in [3.8, 4) is 0 Å². The van der Waals surface area contributed by atoms with Gasteiger partial charge in [-0.3, -0.25) is 4.79 Å². The van der Waals surface area contributed by atoms with Crippen LogP contribution in [0.2, 0.25) is 5.02 Å². The van der Waals surface area contributed by atoms with Crippen molar-refractivity contribution in [1.82, 2.24) is 9.47 Å². The summed E-state index contributed by atoms with van der Waals surface area (Å²) in [5.41, 5.74) is 3.23. The van der Waals surface area contributed by atoms with Gasteiger partial charge in [-0.15, -0.1) is 4.91 Å². The molecule has 0 fully saturated rings. The predicted octanol–water partition coefficient (Wildman–Crippen LogP) is 4.15. The van der Waals surface area contributed by atoms with Gasteiger partial charge in [-0.1, -0.05) is 11.6 Å². The Morgan fingerprint density at radius 3 is 2.50 bits per heavy atom. The average Bonchev–Trinajstić information content (AvgIpc) is 2.69. The number of aryl methyl sites for hydroxylation is 1. The van der Waals surface area contributed by atoms with Gasteiger partial charge in [0.2, 0.25) is 0 Å². The summed E-state index contributed by atoms with van der Waals surface area (Å²) in [7, 11) is 3.99. The number of nitroso groups, excluding NO2 is 1. The molecule has 0 spiro atoms. The van der Waals surface area contributed by atoms with Crippen molar-refractivity contribution in [3.63, 3.8) is 0 Å². The summed E-state index contributed by atoms with van der Waals surface area (Å²) in [4.78, 5) is 24.7. The Labute approximate surface area is 134 Å². The van der Waals surface area contributed by atoms with Gasteiger partial charge in [-0.2, -0.15) is 0 Å². The van der Waals surface area contributed by atoms with E-state index >= 15 is 0 Å². The first-order chi connectivity index (χ1) is 10.3. The molecule has 0 aliphatic carbocycles. The Bertz CT molecular complexity index is 748. The van der Waals surface area contributed by atoms with Crippen LogP contribution >= 0.6 is 11.6 Å². The Morgan fingerprint density at radius 1 is 1.36 bits per heavy atom. The van der Waals surface area contributed by atoms with E-state index in [9.17, 15) is 9.70 Å². The third-order valence-corrected chi connectivity index (χ3v) is 3.95. The lowest BCUT2D eigenvalue weighted by atomic mass is 10.1. The minimum atomic E-state index is -0.784. The van der Waals surface area contributed by atoms with Crippen LogP contribution in [0.25, 0.3) is 10.9 Å². The molecule has 0 bridgehead atoms. The van der Waals surface area contributed by atoms with Gasteiger partial charge in [0, 0.05) is 33.9 Å². The van der Waals surface area contributed by atoms with Gasteiger partial charge in [0.1, 0.15) is 0 Å². The summed E-state index contributed by atoms with van der Waals surface area (Å²) >= 11 is 6.15. The molecule has 0 N–H and O–H groups in total. The third kappa shape index (κ3) is 2.78. The Hall–Kier alpha value is -1.72. The number of rotatable bonds is 4. The van der Waals surface area contributed by atoms with E-state index in [2.05, 4.69) is 28.5 Å². The summed E-state index contributed by atoms with van der Waals surface area (Å²) in [5, 5.41) is 3.76. The van der Waals surface area contributed by atoms with Crippen molar-refractivity contribution in [1.29, 1.82) is 0 Å². The minimum absolute atomic E-state index is 0.205. The predicted molar refractivity (Wildman–Crippen MR) is 89.6 cm³/mol. The molecule has 0 aliphatic heterocycles. The van der Waals surface area contributed by atoms with Gasteiger partial charge in [0.15, 0.2) is 0 Å². The van der Waals surface area contributed by atoms with Gasteiger partial charge in [0.05, 0.1) is 11.1 Å². The molecule has 0 atom stereocenters. The molecule has 0 unspecified atom stereocenters. The summed E-state index contributed by atoms with van der Waals surface area (Å²) in [6.45, 7) is 6.87. The van der Waals surface area contributed by atoms with Crippen molar-refractivity contribution in [2.45, 2.75) is 33.4 Å². The molecule has 0 aliphatic rings. The number of fused-ring (bicyclic) bond motifs is 1. The highest BCUT2D eigenvalue weighted by molar-refractivity contribution is 6.32.